The van der Waals surface area contributed by atoms with Crippen LogP contribution in [0.4, 0.5) is 14.5 Å². The number of halogens is 4. The number of nitrogens with one attached hydrogen (secondary N) is 1. The van der Waals surface area contributed by atoms with Crippen molar-refractivity contribution in [2.45, 2.75) is 0 Å². The lowest BCUT2D eigenvalue weighted by Crippen LogP contribution is -2.12. The van der Waals surface area contributed by atoms with E-state index < -0.39 is 17.5 Å². The predicted octanol–water partition coefficient (Wildman–Crippen LogP) is 4.63. The zero-order valence-electron chi connectivity index (χ0n) is 9.38. The molecule has 0 saturated carbocycles. The Labute approximate surface area is 121 Å². The number of amides is 1. The molecule has 0 aromatic heterocycles. The summed E-state index contributed by atoms with van der Waals surface area (Å²) in [7, 11) is 0. The molecule has 2 aromatic carbocycles. The van der Waals surface area contributed by atoms with Crippen LogP contribution < -0.4 is 5.32 Å². The molecule has 0 saturated heterocycles. The molecule has 0 aliphatic heterocycles. The van der Waals surface area contributed by atoms with Gasteiger partial charge in [-0.2, -0.15) is 0 Å². The van der Waals surface area contributed by atoms with E-state index in [-0.39, 0.29) is 20.7 Å². The first kappa shape index (κ1) is 14.0. The molecule has 19 heavy (non-hydrogen) atoms. The fourth-order valence-electron chi connectivity index (χ4n) is 1.42. The van der Waals surface area contributed by atoms with Crippen LogP contribution in [0.3, 0.4) is 0 Å². The highest BCUT2D eigenvalue weighted by Gasteiger charge is 2.11. The first-order valence-electron chi connectivity index (χ1n) is 5.19. The third-order valence-electron chi connectivity index (χ3n) is 2.36. The highest BCUT2D eigenvalue weighted by molar-refractivity contribution is 9.10. The van der Waals surface area contributed by atoms with E-state index in [0.29, 0.717) is 0 Å². The number of rotatable bonds is 2. The van der Waals surface area contributed by atoms with Gasteiger partial charge in [-0.25, -0.2) is 8.78 Å². The largest absolute Gasteiger partial charge is 0.321 e. The molecule has 98 valence electrons. The molecule has 0 fully saturated rings. The highest BCUT2D eigenvalue weighted by atomic mass is 79.9. The standard InChI is InChI=1S/C13H7BrClF2NO/c14-9-5-7(1-3-11(9)17)13(19)18-12-4-2-8(16)6-10(12)15/h1-6H,(H,18,19). The second kappa shape index (κ2) is 5.67. The third-order valence-corrected chi connectivity index (χ3v) is 3.28. The van der Waals surface area contributed by atoms with E-state index in [1.165, 1.54) is 30.3 Å². The van der Waals surface area contributed by atoms with E-state index in [1.807, 2.05) is 0 Å². The van der Waals surface area contributed by atoms with Gasteiger partial charge in [0.1, 0.15) is 11.6 Å². The molecule has 0 aliphatic carbocycles. The van der Waals surface area contributed by atoms with Crippen molar-refractivity contribution in [2.75, 3.05) is 5.32 Å². The monoisotopic (exact) mass is 345 g/mol. The molecule has 0 heterocycles. The Kier molecular flexibility index (Phi) is 4.17. The number of hydrogen-bond donors (Lipinski definition) is 1. The molecule has 1 amide bonds. The second-order valence-electron chi connectivity index (χ2n) is 3.71. The highest BCUT2D eigenvalue weighted by Crippen LogP contribution is 2.24. The zero-order chi connectivity index (χ0) is 14.0. The van der Waals surface area contributed by atoms with Crippen molar-refractivity contribution >= 4 is 39.1 Å². The number of carbonyl (C=O) groups excluding carboxylic acids is 1. The van der Waals surface area contributed by atoms with Gasteiger partial charge in [-0.05, 0) is 52.3 Å². The van der Waals surface area contributed by atoms with Gasteiger partial charge in [0.25, 0.3) is 5.91 Å². The lowest BCUT2D eigenvalue weighted by atomic mass is 10.2. The molecule has 0 aliphatic rings. The zero-order valence-corrected chi connectivity index (χ0v) is 11.7. The minimum Gasteiger partial charge on any atom is -0.321 e. The van der Waals surface area contributed by atoms with E-state index in [4.69, 9.17) is 11.6 Å². The fraction of sp³-hybridized carbons (Fsp3) is 0. The second-order valence-corrected chi connectivity index (χ2v) is 4.97. The Balaban J connectivity index is 2.23. The minimum absolute atomic E-state index is 0.0922. The average molecular weight is 347 g/mol. The summed E-state index contributed by atoms with van der Waals surface area (Å²) in [4.78, 5) is 11.9. The van der Waals surface area contributed by atoms with Crippen molar-refractivity contribution in [3.63, 3.8) is 0 Å². The molecule has 2 aromatic rings. The van der Waals surface area contributed by atoms with Gasteiger partial charge in [-0.3, -0.25) is 4.79 Å². The smallest absolute Gasteiger partial charge is 0.255 e. The number of anilines is 1. The lowest BCUT2D eigenvalue weighted by Gasteiger charge is -2.07. The van der Waals surface area contributed by atoms with Crippen LogP contribution in [0.15, 0.2) is 40.9 Å². The maximum Gasteiger partial charge on any atom is 0.255 e. The molecule has 0 unspecified atom stereocenters. The van der Waals surface area contributed by atoms with E-state index in [2.05, 4.69) is 21.2 Å². The van der Waals surface area contributed by atoms with Gasteiger partial charge in [0.2, 0.25) is 0 Å². The van der Waals surface area contributed by atoms with Crippen LogP contribution in [0.5, 0.6) is 0 Å². The maximum absolute atomic E-state index is 13.1. The van der Waals surface area contributed by atoms with Gasteiger partial charge in [-0.15, -0.1) is 0 Å². The van der Waals surface area contributed by atoms with Crippen LogP contribution in [-0.2, 0) is 0 Å². The van der Waals surface area contributed by atoms with Crippen LogP contribution in [0.25, 0.3) is 0 Å². The Hall–Kier alpha value is -1.46. The first-order valence-corrected chi connectivity index (χ1v) is 6.36. The molecule has 2 rings (SSSR count). The van der Waals surface area contributed by atoms with Gasteiger partial charge in [0.05, 0.1) is 15.2 Å². The Morgan fingerprint density at radius 3 is 2.53 bits per heavy atom. The van der Waals surface area contributed by atoms with Gasteiger partial charge in [0, 0.05) is 5.56 Å². The molecular weight excluding hydrogens is 340 g/mol. The Bertz CT molecular complexity index is 649. The van der Waals surface area contributed by atoms with E-state index >= 15 is 0 Å². The summed E-state index contributed by atoms with van der Waals surface area (Å²) in [6.45, 7) is 0. The number of carbonyl (C=O) groups is 1. The summed E-state index contributed by atoms with van der Waals surface area (Å²) < 4.78 is 26.1. The van der Waals surface area contributed by atoms with Gasteiger partial charge in [-0.1, -0.05) is 11.6 Å². The topological polar surface area (TPSA) is 29.1 Å². The van der Waals surface area contributed by atoms with Crippen molar-refractivity contribution in [2.24, 2.45) is 0 Å². The van der Waals surface area contributed by atoms with E-state index in [9.17, 15) is 13.6 Å². The maximum atomic E-state index is 13.1. The fourth-order valence-corrected chi connectivity index (χ4v) is 2.02. The van der Waals surface area contributed by atoms with Crippen LogP contribution in [0.2, 0.25) is 5.02 Å². The van der Waals surface area contributed by atoms with Crippen molar-refractivity contribution in [3.8, 4) is 0 Å². The summed E-state index contributed by atoms with van der Waals surface area (Å²) in [5.41, 5.74) is 0.544. The van der Waals surface area contributed by atoms with E-state index in [0.717, 1.165) is 6.07 Å². The summed E-state index contributed by atoms with van der Waals surface area (Å²) in [5, 5.41) is 2.61. The number of hydrogen-bond acceptors (Lipinski definition) is 1. The molecule has 0 spiro atoms. The SMILES string of the molecule is O=C(Nc1ccc(F)cc1Cl)c1ccc(F)c(Br)c1. The van der Waals surface area contributed by atoms with Crippen LogP contribution in [0, 0.1) is 11.6 Å². The molecule has 0 radical (unpaired) electrons. The summed E-state index contributed by atoms with van der Waals surface area (Å²) >= 11 is 8.79. The molecule has 6 heteroatoms. The van der Waals surface area contributed by atoms with Gasteiger partial charge in [0.15, 0.2) is 0 Å². The van der Waals surface area contributed by atoms with Crippen LogP contribution >= 0.6 is 27.5 Å². The molecular formula is C13H7BrClF2NO. The molecule has 1 N–H and O–H groups in total. The third kappa shape index (κ3) is 3.30. The van der Waals surface area contributed by atoms with Crippen LogP contribution in [0.1, 0.15) is 10.4 Å². The van der Waals surface area contributed by atoms with Gasteiger partial charge >= 0.3 is 0 Å². The van der Waals surface area contributed by atoms with Crippen LogP contribution in [-0.4, -0.2) is 5.91 Å². The molecule has 0 bridgehead atoms. The molecule has 2 nitrogen and oxygen atoms in total. The summed E-state index contributed by atoms with van der Waals surface area (Å²) in [5.74, 6) is -1.42. The lowest BCUT2D eigenvalue weighted by molar-refractivity contribution is 0.102. The van der Waals surface area contributed by atoms with Crippen molar-refractivity contribution in [1.82, 2.24) is 0 Å². The normalized spacial score (nSPS) is 10.3. The summed E-state index contributed by atoms with van der Waals surface area (Å²) in [6, 6.07) is 7.49. The summed E-state index contributed by atoms with van der Waals surface area (Å²) in [6.07, 6.45) is 0. The predicted molar refractivity (Wildman–Crippen MR) is 73.5 cm³/mol. The Morgan fingerprint density at radius 1 is 1.16 bits per heavy atom. The van der Waals surface area contributed by atoms with Gasteiger partial charge < -0.3 is 5.32 Å². The average Bonchev–Trinajstić information content (AvgIpc) is 2.36. The quantitative estimate of drug-likeness (QED) is 0.844. The Morgan fingerprint density at radius 2 is 1.89 bits per heavy atom. The number of benzene rings is 2. The van der Waals surface area contributed by atoms with Crippen molar-refractivity contribution in [1.29, 1.82) is 0 Å². The van der Waals surface area contributed by atoms with Crippen molar-refractivity contribution < 1.29 is 13.6 Å². The van der Waals surface area contributed by atoms with Crippen molar-refractivity contribution in [3.05, 3.63) is 63.1 Å². The minimum atomic E-state index is -0.493. The van der Waals surface area contributed by atoms with E-state index in [1.54, 1.807) is 0 Å². The first-order chi connectivity index (χ1) is 8.97. The molecule has 0 atom stereocenters.